The third-order valence-electron chi connectivity index (χ3n) is 6.30. The van der Waals surface area contributed by atoms with Gasteiger partial charge in [0.05, 0.1) is 34.5 Å². The van der Waals surface area contributed by atoms with E-state index in [-0.39, 0.29) is 5.41 Å². The minimum Gasteiger partial charge on any atom is -0.358 e. The highest BCUT2D eigenvalue weighted by molar-refractivity contribution is 5.97. The van der Waals surface area contributed by atoms with E-state index < -0.39 is 0 Å². The third-order valence-corrected chi connectivity index (χ3v) is 6.30. The Morgan fingerprint density at radius 1 is 1.03 bits per heavy atom. The summed E-state index contributed by atoms with van der Waals surface area (Å²) in [6.07, 6.45) is 11.9. The molecule has 190 valence electrons. The van der Waals surface area contributed by atoms with Crippen molar-refractivity contribution in [1.29, 1.82) is 0 Å². The van der Waals surface area contributed by atoms with Crippen LogP contribution in [-0.4, -0.2) is 39.7 Å². The number of hydrogen-bond acceptors (Lipinski definition) is 6. The lowest BCUT2D eigenvalue weighted by Gasteiger charge is -2.20. The lowest BCUT2D eigenvalue weighted by molar-refractivity contribution is 0.411. The monoisotopic (exact) mass is 503 g/mol. The lowest BCUT2D eigenvalue weighted by atomic mass is 9.91. The Morgan fingerprint density at radius 3 is 2.66 bits per heavy atom. The van der Waals surface area contributed by atoms with E-state index in [1.54, 1.807) is 12.5 Å². The highest BCUT2D eigenvalue weighted by Crippen LogP contribution is 2.33. The van der Waals surface area contributed by atoms with Gasteiger partial charge in [-0.2, -0.15) is 5.10 Å². The van der Waals surface area contributed by atoms with Crippen molar-refractivity contribution in [3.63, 3.8) is 0 Å². The number of hydrogen-bond donors (Lipinski definition) is 3. The predicted octanol–water partition coefficient (Wildman–Crippen LogP) is 6.42. The van der Waals surface area contributed by atoms with Crippen LogP contribution in [0.3, 0.4) is 0 Å². The van der Waals surface area contributed by atoms with Gasteiger partial charge in [0.25, 0.3) is 0 Å². The van der Waals surface area contributed by atoms with E-state index in [2.05, 4.69) is 86.0 Å². The molecule has 6 heterocycles. The maximum absolute atomic E-state index is 4.62. The quantitative estimate of drug-likeness (QED) is 0.242. The normalized spacial score (nSPS) is 11.9. The first-order valence-corrected chi connectivity index (χ1v) is 12.5. The Balaban J connectivity index is 1.36. The van der Waals surface area contributed by atoms with Crippen molar-refractivity contribution in [2.75, 3.05) is 5.32 Å². The van der Waals surface area contributed by atoms with Crippen LogP contribution in [0.5, 0.6) is 0 Å². The maximum atomic E-state index is 4.62. The van der Waals surface area contributed by atoms with E-state index in [1.165, 1.54) is 0 Å². The first-order valence-electron chi connectivity index (χ1n) is 12.5. The standard InChI is InChI=1S/C29H29N9/c1-17(11-29(3,4)5)34-21-8-19(12-30-14-21)20-9-23-26(36-37-27(23)32-13-20)25-10-22-24(35-25)6-7-31-28(22)38-15-18(2)33-16-38/h6-10,12-16,34-35H,1,11H2,2-5H3,(H,32,36,37). The number of fused-ring (bicyclic) bond motifs is 2. The van der Waals surface area contributed by atoms with E-state index >= 15 is 0 Å². The molecule has 0 amide bonds. The van der Waals surface area contributed by atoms with Crippen LogP contribution in [0.1, 0.15) is 32.9 Å². The van der Waals surface area contributed by atoms with Crippen LogP contribution in [0.4, 0.5) is 5.69 Å². The molecule has 0 unspecified atom stereocenters. The third kappa shape index (κ3) is 4.54. The molecular weight excluding hydrogens is 474 g/mol. The number of allylic oxidation sites excluding steroid dienone is 1. The fraction of sp³-hybridized carbons (Fsp3) is 0.207. The smallest absolute Gasteiger partial charge is 0.181 e. The molecule has 6 aromatic rings. The van der Waals surface area contributed by atoms with Crippen LogP contribution in [0.2, 0.25) is 0 Å². The highest BCUT2D eigenvalue weighted by Gasteiger charge is 2.16. The van der Waals surface area contributed by atoms with Gasteiger partial charge in [-0.3, -0.25) is 14.6 Å². The zero-order valence-electron chi connectivity index (χ0n) is 21.9. The summed E-state index contributed by atoms with van der Waals surface area (Å²) in [7, 11) is 0. The van der Waals surface area contributed by atoms with Crippen molar-refractivity contribution in [1.82, 2.24) is 39.7 Å². The summed E-state index contributed by atoms with van der Waals surface area (Å²) in [4.78, 5) is 21.5. The van der Waals surface area contributed by atoms with Gasteiger partial charge in [0.15, 0.2) is 5.65 Å². The summed E-state index contributed by atoms with van der Waals surface area (Å²) in [6.45, 7) is 12.7. The van der Waals surface area contributed by atoms with Crippen molar-refractivity contribution in [2.45, 2.75) is 34.1 Å². The zero-order chi connectivity index (χ0) is 26.4. The number of nitrogens with one attached hydrogen (secondary N) is 3. The number of aromatic amines is 2. The molecule has 3 N–H and O–H groups in total. The molecule has 38 heavy (non-hydrogen) atoms. The molecule has 0 aliphatic carbocycles. The minimum atomic E-state index is 0.152. The van der Waals surface area contributed by atoms with Crippen LogP contribution in [-0.2, 0) is 0 Å². The molecular formula is C29H29N9. The minimum absolute atomic E-state index is 0.152. The van der Waals surface area contributed by atoms with Gasteiger partial charge >= 0.3 is 0 Å². The first kappa shape index (κ1) is 23.6. The van der Waals surface area contributed by atoms with E-state index in [1.807, 2.05) is 42.3 Å². The number of H-pyrrole nitrogens is 2. The molecule has 0 aromatic carbocycles. The summed E-state index contributed by atoms with van der Waals surface area (Å²) in [5.41, 5.74) is 8.23. The van der Waals surface area contributed by atoms with E-state index in [4.69, 9.17) is 0 Å². The Kier molecular flexibility index (Phi) is 5.56. The Labute approximate surface area is 220 Å². The molecule has 6 aromatic heterocycles. The number of nitrogens with zero attached hydrogens (tertiary/aromatic N) is 6. The average molecular weight is 504 g/mol. The van der Waals surface area contributed by atoms with Crippen molar-refractivity contribution in [2.24, 2.45) is 5.41 Å². The van der Waals surface area contributed by atoms with Crippen molar-refractivity contribution in [3.8, 4) is 28.3 Å². The van der Waals surface area contributed by atoms with Gasteiger partial charge in [-0.15, -0.1) is 0 Å². The number of aryl methyl sites for hydroxylation is 1. The van der Waals surface area contributed by atoms with Gasteiger partial charge in [0.1, 0.15) is 12.1 Å². The molecule has 0 aliphatic heterocycles. The Bertz CT molecular complexity index is 1800. The van der Waals surface area contributed by atoms with E-state index in [0.717, 1.165) is 68.1 Å². The second kappa shape index (κ2) is 8.95. The van der Waals surface area contributed by atoms with Gasteiger partial charge in [0, 0.05) is 52.4 Å². The van der Waals surface area contributed by atoms with Crippen LogP contribution >= 0.6 is 0 Å². The summed E-state index contributed by atoms with van der Waals surface area (Å²) in [5, 5.41) is 12.9. The highest BCUT2D eigenvalue weighted by atomic mass is 15.2. The molecule has 9 heteroatoms. The molecule has 9 nitrogen and oxygen atoms in total. The van der Waals surface area contributed by atoms with Gasteiger partial charge < -0.3 is 10.3 Å². The van der Waals surface area contributed by atoms with Gasteiger partial charge in [-0.05, 0) is 43.0 Å². The number of aromatic nitrogens is 8. The van der Waals surface area contributed by atoms with Crippen LogP contribution < -0.4 is 5.32 Å². The largest absolute Gasteiger partial charge is 0.358 e. The van der Waals surface area contributed by atoms with Gasteiger partial charge in [-0.25, -0.2) is 15.0 Å². The molecule has 0 radical (unpaired) electrons. The van der Waals surface area contributed by atoms with Crippen LogP contribution in [0.15, 0.2) is 73.9 Å². The summed E-state index contributed by atoms with van der Waals surface area (Å²) in [5.74, 6) is 0.816. The van der Waals surface area contributed by atoms with Crippen LogP contribution in [0, 0.1) is 12.3 Å². The molecule has 0 aliphatic rings. The number of pyridine rings is 3. The van der Waals surface area contributed by atoms with Crippen molar-refractivity contribution in [3.05, 3.63) is 79.5 Å². The molecule has 6 rings (SSSR count). The molecule has 0 spiro atoms. The van der Waals surface area contributed by atoms with Gasteiger partial charge in [-0.1, -0.05) is 27.4 Å². The summed E-state index contributed by atoms with van der Waals surface area (Å²) < 4.78 is 1.93. The topological polar surface area (TPSA) is 113 Å². The van der Waals surface area contributed by atoms with Crippen molar-refractivity contribution < 1.29 is 0 Å². The number of rotatable bonds is 6. The average Bonchev–Trinajstić information content (AvgIpc) is 3.60. The molecule has 0 saturated heterocycles. The molecule has 0 saturated carbocycles. The van der Waals surface area contributed by atoms with E-state index in [9.17, 15) is 0 Å². The molecule has 0 atom stereocenters. The lowest BCUT2D eigenvalue weighted by Crippen LogP contribution is -2.10. The number of anilines is 1. The van der Waals surface area contributed by atoms with E-state index in [0.29, 0.717) is 5.65 Å². The molecule has 0 fully saturated rings. The fourth-order valence-corrected chi connectivity index (χ4v) is 4.73. The zero-order valence-corrected chi connectivity index (χ0v) is 21.9. The first-order chi connectivity index (χ1) is 18.2. The molecule has 0 bridgehead atoms. The fourth-order valence-electron chi connectivity index (χ4n) is 4.73. The van der Waals surface area contributed by atoms with Gasteiger partial charge in [0.2, 0.25) is 0 Å². The summed E-state index contributed by atoms with van der Waals surface area (Å²) in [6, 6.07) is 8.21. The Morgan fingerprint density at radius 2 is 1.87 bits per heavy atom. The Hall–Kier alpha value is -4.79. The second-order valence-electron chi connectivity index (χ2n) is 10.8. The number of imidazole rings is 1. The predicted molar refractivity (Wildman–Crippen MR) is 151 cm³/mol. The van der Waals surface area contributed by atoms with Crippen molar-refractivity contribution >= 4 is 27.6 Å². The second-order valence-corrected chi connectivity index (χ2v) is 10.8. The SMILES string of the molecule is C=C(CC(C)(C)C)Nc1cncc(-c2cnc3n[nH]c(-c4cc5c(-n6cnc(C)c6)nccc5[nH]4)c3c2)c1. The van der Waals surface area contributed by atoms with Crippen LogP contribution in [0.25, 0.3) is 50.3 Å². The maximum Gasteiger partial charge on any atom is 0.181 e. The summed E-state index contributed by atoms with van der Waals surface area (Å²) >= 11 is 0.